The second-order valence-electron chi connectivity index (χ2n) is 2.33. The maximum atomic E-state index is 10.4. The normalized spacial score (nSPS) is 10.6. The van der Waals surface area contributed by atoms with Gasteiger partial charge in [-0.25, -0.2) is 8.42 Å². The van der Waals surface area contributed by atoms with Crippen molar-refractivity contribution in [3.63, 3.8) is 0 Å². The van der Waals surface area contributed by atoms with Gasteiger partial charge in [-0.05, 0) is 40.3 Å². The average molecular weight is 320 g/mol. The number of hydrogen-bond donors (Lipinski definition) is 0. The molecule has 0 aromatic heterocycles. The second kappa shape index (κ2) is 5.67. The van der Waals surface area contributed by atoms with E-state index in [-0.39, 0.29) is 29.6 Å². The van der Waals surface area contributed by atoms with Crippen LogP contribution in [0.15, 0.2) is 24.3 Å². The molecule has 0 radical (unpaired) electrons. The van der Waals surface area contributed by atoms with Crippen molar-refractivity contribution < 1.29 is 42.5 Å². The van der Waals surface area contributed by atoms with E-state index < -0.39 is 15.9 Å². The molecule has 0 atom stereocenters. The van der Waals surface area contributed by atoms with E-state index in [0.29, 0.717) is 5.56 Å². The first-order valence-corrected chi connectivity index (χ1v) is 5.81. The molecule has 0 bridgehead atoms. The summed E-state index contributed by atoms with van der Waals surface area (Å²) in [6.07, 6.45) is 0. The Morgan fingerprint density at radius 2 is 2.00 bits per heavy atom. The SMILES string of the molecule is O=S(=O)([O-])Cc1cccc(I)c1.[Na+]. The third kappa shape index (κ3) is 6.03. The zero-order valence-corrected chi connectivity index (χ0v) is 12.0. The van der Waals surface area contributed by atoms with Gasteiger partial charge in [-0.15, -0.1) is 0 Å². The number of benzene rings is 1. The summed E-state index contributed by atoms with van der Waals surface area (Å²) >= 11 is 2.06. The van der Waals surface area contributed by atoms with Gasteiger partial charge in [-0.1, -0.05) is 12.1 Å². The molecule has 66 valence electrons. The summed E-state index contributed by atoms with van der Waals surface area (Å²) in [5.74, 6) is -0.427. The third-order valence-corrected chi connectivity index (χ3v) is 2.59. The molecule has 0 aliphatic carbocycles. The molecule has 1 aromatic carbocycles. The van der Waals surface area contributed by atoms with Crippen LogP contribution in [0.25, 0.3) is 0 Å². The first-order valence-electron chi connectivity index (χ1n) is 3.15. The van der Waals surface area contributed by atoms with E-state index in [2.05, 4.69) is 22.6 Å². The summed E-state index contributed by atoms with van der Waals surface area (Å²) in [5, 5.41) is 0. The van der Waals surface area contributed by atoms with Gasteiger partial charge in [0, 0.05) is 3.57 Å². The Morgan fingerprint density at radius 1 is 1.38 bits per heavy atom. The molecular weight excluding hydrogens is 314 g/mol. The average Bonchev–Trinajstić information content (AvgIpc) is 1.82. The molecule has 0 unspecified atom stereocenters. The first-order chi connectivity index (χ1) is 5.47. The van der Waals surface area contributed by atoms with Crippen LogP contribution in [0.5, 0.6) is 0 Å². The zero-order chi connectivity index (χ0) is 9.19. The van der Waals surface area contributed by atoms with E-state index in [1.165, 1.54) is 0 Å². The van der Waals surface area contributed by atoms with Gasteiger partial charge in [-0.2, -0.15) is 0 Å². The molecule has 6 heteroatoms. The van der Waals surface area contributed by atoms with Crippen molar-refractivity contribution in [3.8, 4) is 0 Å². The van der Waals surface area contributed by atoms with Crippen LogP contribution in [0.4, 0.5) is 0 Å². The van der Waals surface area contributed by atoms with Gasteiger partial charge in [0.25, 0.3) is 0 Å². The van der Waals surface area contributed by atoms with Gasteiger partial charge in [0.1, 0.15) is 0 Å². The Balaban J connectivity index is 0.00000144. The van der Waals surface area contributed by atoms with Crippen molar-refractivity contribution in [1.29, 1.82) is 0 Å². The van der Waals surface area contributed by atoms with Crippen LogP contribution in [-0.2, 0) is 15.9 Å². The van der Waals surface area contributed by atoms with E-state index in [1.807, 2.05) is 6.07 Å². The summed E-state index contributed by atoms with van der Waals surface area (Å²) in [6, 6.07) is 6.86. The molecule has 3 nitrogen and oxygen atoms in total. The Hall–Kier alpha value is 0.860. The molecule has 0 N–H and O–H groups in total. The molecule has 0 spiro atoms. The quantitative estimate of drug-likeness (QED) is 0.372. The van der Waals surface area contributed by atoms with Crippen molar-refractivity contribution >= 4 is 32.7 Å². The van der Waals surface area contributed by atoms with E-state index >= 15 is 0 Å². The number of hydrogen-bond acceptors (Lipinski definition) is 3. The minimum Gasteiger partial charge on any atom is -0.748 e. The van der Waals surface area contributed by atoms with Crippen molar-refractivity contribution in [2.24, 2.45) is 0 Å². The summed E-state index contributed by atoms with van der Waals surface area (Å²) in [7, 11) is -4.15. The molecule has 0 fully saturated rings. The smallest absolute Gasteiger partial charge is 0.748 e. The Kier molecular flexibility index (Phi) is 6.05. The monoisotopic (exact) mass is 320 g/mol. The Labute approximate surface area is 113 Å². The predicted molar refractivity (Wildman–Crippen MR) is 52.6 cm³/mol. The molecule has 0 aliphatic rings. The maximum absolute atomic E-state index is 10.4. The molecule has 0 amide bonds. The van der Waals surface area contributed by atoms with Crippen LogP contribution >= 0.6 is 22.6 Å². The fourth-order valence-corrected chi connectivity index (χ4v) is 2.03. The molecule has 0 saturated carbocycles. The molecule has 1 aromatic rings. The molecule has 13 heavy (non-hydrogen) atoms. The molecule has 0 heterocycles. The molecule has 0 saturated heterocycles. The van der Waals surface area contributed by atoms with Crippen molar-refractivity contribution in [2.75, 3.05) is 0 Å². The van der Waals surface area contributed by atoms with Gasteiger partial charge < -0.3 is 4.55 Å². The Morgan fingerprint density at radius 3 is 2.46 bits per heavy atom. The van der Waals surface area contributed by atoms with E-state index in [4.69, 9.17) is 0 Å². The Bertz CT molecular complexity index is 377. The summed E-state index contributed by atoms with van der Waals surface area (Å²) in [6.45, 7) is 0. The van der Waals surface area contributed by atoms with Crippen LogP contribution in [0, 0.1) is 3.57 Å². The number of rotatable bonds is 2. The number of halogens is 1. The largest absolute Gasteiger partial charge is 1.00 e. The van der Waals surface area contributed by atoms with Crippen molar-refractivity contribution in [2.45, 2.75) is 5.75 Å². The first kappa shape index (κ1) is 13.9. The predicted octanol–water partition coefficient (Wildman–Crippen LogP) is -1.66. The summed E-state index contributed by atoms with van der Waals surface area (Å²) in [4.78, 5) is 0. The van der Waals surface area contributed by atoms with E-state index in [9.17, 15) is 13.0 Å². The topological polar surface area (TPSA) is 57.2 Å². The standard InChI is InChI=1S/C7H7IO3S.Na/c8-7-3-1-2-6(4-7)5-12(9,10)11;/h1-4H,5H2,(H,9,10,11);/q;+1/p-1. The van der Waals surface area contributed by atoms with Gasteiger partial charge in [-0.3, -0.25) is 0 Å². The summed E-state index contributed by atoms with van der Waals surface area (Å²) in [5.41, 5.74) is 0.539. The van der Waals surface area contributed by atoms with Crippen LogP contribution in [0.3, 0.4) is 0 Å². The maximum Gasteiger partial charge on any atom is 1.00 e. The molecular formula is C7H6INaO3S. The third-order valence-electron chi connectivity index (χ3n) is 1.23. The van der Waals surface area contributed by atoms with Crippen LogP contribution in [0.1, 0.15) is 5.56 Å². The fourth-order valence-electron chi connectivity index (χ4n) is 0.831. The van der Waals surface area contributed by atoms with E-state index in [0.717, 1.165) is 3.57 Å². The van der Waals surface area contributed by atoms with Crippen molar-refractivity contribution in [3.05, 3.63) is 33.4 Å². The molecule has 1 rings (SSSR count). The van der Waals surface area contributed by atoms with Gasteiger partial charge >= 0.3 is 29.6 Å². The van der Waals surface area contributed by atoms with Gasteiger partial charge in [0.15, 0.2) is 0 Å². The van der Waals surface area contributed by atoms with Gasteiger partial charge in [0.05, 0.1) is 15.9 Å². The van der Waals surface area contributed by atoms with Crippen LogP contribution in [-0.4, -0.2) is 13.0 Å². The van der Waals surface area contributed by atoms with Crippen LogP contribution < -0.4 is 29.6 Å². The second-order valence-corrected chi connectivity index (χ2v) is 4.98. The zero-order valence-electron chi connectivity index (χ0n) is 7.03. The minimum absolute atomic E-state index is 0. The summed E-state index contributed by atoms with van der Waals surface area (Å²) < 4.78 is 32.0. The van der Waals surface area contributed by atoms with Gasteiger partial charge in [0.2, 0.25) is 0 Å². The van der Waals surface area contributed by atoms with Crippen LogP contribution in [0.2, 0.25) is 0 Å². The van der Waals surface area contributed by atoms with E-state index in [1.54, 1.807) is 18.2 Å². The molecule has 0 aliphatic heterocycles. The fraction of sp³-hybridized carbons (Fsp3) is 0.143. The van der Waals surface area contributed by atoms with Crippen molar-refractivity contribution in [1.82, 2.24) is 0 Å². The minimum atomic E-state index is -4.15.